The van der Waals surface area contributed by atoms with E-state index in [4.69, 9.17) is 11.3 Å². The molecule has 3 aromatic heterocycles. The Morgan fingerprint density at radius 3 is 2.92 bits per heavy atom. The van der Waals surface area contributed by atoms with Gasteiger partial charge in [0, 0.05) is 18.5 Å². The quantitative estimate of drug-likeness (QED) is 0.282. The number of rotatable bonds is 1. The predicted octanol–water partition coefficient (Wildman–Crippen LogP) is 5.57. The molecule has 0 spiro atoms. The average Bonchev–Trinajstić information content (AvgIpc) is 3.23. The Morgan fingerprint density at radius 2 is 2.15 bits per heavy atom. The minimum absolute atomic E-state index is 0.643. The average molecular weight is 379 g/mol. The van der Waals surface area contributed by atoms with E-state index in [1.807, 2.05) is 27.2 Å². The van der Waals surface area contributed by atoms with Crippen LogP contribution in [0.15, 0.2) is 23.8 Å². The van der Waals surface area contributed by atoms with Gasteiger partial charge in [-0.1, -0.05) is 11.3 Å². The fourth-order valence-electron chi connectivity index (χ4n) is 3.67. The molecule has 26 heavy (non-hydrogen) atoms. The first-order valence-corrected chi connectivity index (χ1v) is 10.0. The lowest BCUT2D eigenvalue weighted by Gasteiger charge is -2.21. The highest BCUT2D eigenvalue weighted by atomic mass is 32.1. The van der Waals surface area contributed by atoms with Crippen LogP contribution in [0.25, 0.3) is 36.4 Å². The molecule has 0 unspecified atom stereocenters. The Bertz CT molecular complexity index is 1270. The summed E-state index contributed by atoms with van der Waals surface area (Å²) in [6, 6.07) is 4.30. The number of benzene rings is 1. The zero-order chi connectivity index (χ0) is 18.2. The second-order valence-electron chi connectivity index (χ2n) is 7.12. The highest BCUT2D eigenvalue weighted by Gasteiger charge is 2.40. The van der Waals surface area contributed by atoms with E-state index in [-0.39, 0.29) is 0 Å². The van der Waals surface area contributed by atoms with Crippen molar-refractivity contribution in [3.05, 3.63) is 45.7 Å². The van der Waals surface area contributed by atoms with Crippen molar-refractivity contribution in [3.63, 3.8) is 0 Å². The van der Waals surface area contributed by atoms with Crippen molar-refractivity contribution < 1.29 is 9.30 Å². The standard InChI is InChI=1S/C20H16N3OS2/c1-10-11-6-7-25-13(11)8-12-14(10)16-15-17(24-12)18(20(2,3)21-4)26-19(15)22-9-23(16)5/h6-9H,1-3,5H3/q+1. The molecule has 0 N–H and O–H groups in total. The van der Waals surface area contributed by atoms with Gasteiger partial charge in [0.05, 0.1) is 12.6 Å². The molecule has 5 rings (SSSR count). The number of hydrogen-bond donors (Lipinski definition) is 0. The van der Waals surface area contributed by atoms with Crippen LogP contribution in [0.1, 0.15) is 24.3 Å². The van der Waals surface area contributed by atoms with Gasteiger partial charge in [-0.05, 0) is 40.4 Å². The van der Waals surface area contributed by atoms with Gasteiger partial charge in [0.25, 0.3) is 11.9 Å². The highest BCUT2D eigenvalue weighted by molar-refractivity contribution is 7.19. The summed E-state index contributed by atoms with van der Waals surface area (Å²) in [5.41, 5.74) is 2.84. The Balaban J connectivity index is 1.97. The molecule has 0 atom stereocenters. The van der Waals surface area contributed by atoms with E-state index in [2.05, 4.69) is 38.8 Å². The topological polar surface area (TPSA) is 30.4 Å². The number of ether oxygens (including phenoxy) is 1. The molecule has 4 heterocycles. The van der Waals surface area contributed by atoms with E-state index in [9.17, 15) is 0 Å². The highest BCUT2D eigenvalue weighted by Crippen LogP contribution is 2.54. The van der Waals surface area contributed by atoms with Gasteiger partial charge in [-0.3, -0.25) is 0 Å². The van der Waals surface area contributed by atoms with Gasteiger partial charge in [0.2, 0.25) is 4.83 Å². The molecule has 0 radical (unpaired) electrons. The minimum Gasteiger partial charge on any atom is -0.454 e. The van der Waals surface area contributed by atoms with Crippen LogP contribution < -0.4 is 9.30 Å². The third-order valence-corrected chi connectivity index (χ3v) is 7.31. The van der Waals surface area contributed by atoms with E-state index < -0.39 is 5.54 Å². The van der Waals surface area contributed by atoms with Crippen LogP contribution in [-0.2, 0) is 12.6 Å². The first-order valence-electron chi connectivity index (χ1n) is 8.31. The van der Waals surface area contributed by atoms with Crippen LogP contribution in [0.3, 0.4) is 0 Å². The zero-order valence-electron chi connectivity index (χ0n) is 14.9. The van der Waals surface area contributed by atoms with Crippen molar-refractivity contribution in [1.29, 1.82) is 0 Å². The van der Waals surface area contributed by atoms with E-state index in [0.29, 0.717) is 0 Å². The number of aromatic nitrogens is 2. The molecule has 1 aromatic carbocycles. The van der Waals surface area contributed by atoms with E-state index in [0.717, 1.165) is 37.9 Å². The van der Waals surface area contributed by atoms with Crippen LogP contribution in [0.4, 0.5) is 0 Å². The third-order valence-electron chi connectivity index (χ3n) is 5.05. The molecule has 0 amide bonds. The lowest BCUT2D eigenvalue weighted by atomic mass is 9.95. The molecule has 6 heteroatoms. The zero-order valence-corrected chi connectivity index (χ0v) is 16.5. The normalized spacial score (nSPS) is 12.9. The van der Waals surface area contributed by atoms with Crippen molar-refractivity contribution in [2.75, 3.05) is 0 Å². The predicted molar refractivity (Wildman–Crippen MR) is 106 cm³/mol. The van der Waals surface area contributed by atoms with Crippen LogP contribution in [0.2, 0.25) is 0 Å². The summed E-state index contributed by atoms with van der Waals surface area (Å²) < 4.78 is 9.73. The van der Waals surface area contributed by atoms with E-state index in [1.165, 1.54) is 15.6 Å². The molecule has 1 aliphatic rings. The van der Waals surface area contributed by atoms with E-state index >= 15 is 0 Å². The summed E-state index contributed by atoms with van der Waals surface area (Å²) >= 11 is 3.29. The van der Waals surface area contributed by atoms with Crippen molar-refractivity contribution in [2.45, 2.75) is 26.3 Å². The first-order chi connectivity index (χ1) is 12.4. The monoisotopic (exact) mass is 378 g/mol. The van der Waals surface area contributed by atoms with Crippen LogP contribution in [-0.4, -0.2) is 4.98 Å². The SMILES string of the molecule is [C-]#[N+]C(C)(C)c1sc2nc[n+](C)c3c2c1Oc1cc2sccc2c(C)c1-3. The van der Waals surface area contributed by atoms with Crippen molar-refractivity contribution in [3.8, 4) is 22.8 Å². The molecule has 0 bridgehead atoms. The second kappa shape index (κ2) is 5.03. The smallest absolute Gasteiger partial charge is 0.288 e. The van der Waals surface area contributed by atoms with Gasteiger partial charge in [0.15, 0.2) is 11.4 Å². The Kier molecular flexibility index (Phi) is 3.04. The second-order valence-corrected chi connectivity index (χ2v) is 9.07. The van der Waals surface area contributed by atoms with E-state index in [1.54, 1.807) is 22.7 Å². The lowest BCUT2D eigenvalue weighted by Crippen LogP contribution is -2.32. The van der Waals surface area contributed by atoms with Gasteiger partial charge in [0.1, 0.15) is 16.0 Å². The number of thiophene rings is 2. The molecule has 0 fully saturated rings. The molecular formula is C20H16N3OS2+. The lowest BCUT2D eigenvalue weighted by molar-refractivity contribution is -0.662. The van der Waals surface area contributed by atoms with Gasteiger partial charge >= 0.3 is 0 Å². The summed E-state index contributed by atoms with van der Waals surface area (Å²) in [6.45, 7) is 13.7. The Hall–Kier alpha value is -2.49. The van der Waals surface area contributed by atoms with Gasteiger partial charge in [-0.15, -0.1) is 11.3 Å². The molecule has 0 saturated carbocycles. The van der Waals surface area contributed by atoms with Crippen molar-refractivity contribution in [1.82, 2.24) is 4.98 Å². The number of aryl methyl sites for hydroxylation is 2. The first kappa shape index (κ1) is 15.7. The molecule has 0 saturated heterocycles. The number of nitrogens with zero attached hydrogens (tertiary/aromatic N) is 3. The molecule has 128 valence electrons. The molecule has 4 nitrogen and oxygen atoms in total. The number of fused-ring (bicyclic) bond motifs is 3. The summed E-state index contributed by atoms with van der Waals surface area (Å²) in [7, 11) is 2.02. The van der Waals surface area contributed by atoms with Crippen molar-refractivity contribution >= 4 is 43.0 Å². The molecule has 1 aliphatic heterocycles. The summed E-state index contributed by atoms with van der Waals surface area (Å²) in [6.07, 6.45) is 1.86. The van der Waals surface area contributed by atoms with Crippen LogP contribution in [0.5, 0.6) is 11.5 Å². The summed E-state index contributed by atoms with van der Waals surface area (Å²) in [5.74, 6) is 1.67. The van der Waals surface area contributed by atoms with Gasteiger partial charge in [-0.2, -0.15) is 0 Å². The number of hydrogen-bond acceptors (Lipinski definition) is 4. The summed E-state index contributed by atoms with van der Waals surface area (Å²) in [5, 5.41) is 4.41. The summed E-state index contributed by atoms with van der Waals surface area (Å²) in [4.78, 5) is 10.3. The van der Waals surface area contributed by atoms with Gasteiger partial charge < -0.3 is 9.58 Å². The van der Waals surface area contributed by atoms with Crippen molar-refractivity contribution in [2.24, 2.45) is 7.05 Å². The molecular weight excluding hydrogens is 362 g/mol. The Labute approximate surface area is 159 Å². The fraction of sp³-hybridized carbons (Fsp3) is 0.250. The maximum atomic E-state index is 7.62. The third kappa shape index (κ3) is 1.87. The van der Waals surface area contributed by atoms with Crippen LogP contribution >= 0.6 is 22.7 Å². The van der Waals surface area contributed by atoms with Gasteiger partial charge in [-0.25, -0.2) is 11.1 Å². The van der Waals surface area contributed by atoms with Crippen LogP contribution in [0, 0.1) is 13.5 Å². The maximum absolute atomic E-state index is 7.62. The minimum atomic E-state index is -0.643. The largest absolute Gasteiger partial charge is 0.454 e. The Morgan fingerprint density at radius 1 is 1.35 bits per heavy atom. The molecule has 4 aromatic rings. The molecule has 0 aliphatic carbocycles. The maximum Gasteiger partial charge on any atom is 0.288 e. The fourth-order valence-corrected chi connectivity index (χ4v) is 5.66.